The molecule has 0 bridgehead atoms. The number of rotatable bonds is 2. The van der Waals surface area contributed by atoms with Crippen LogP contribution in [0.1, 0.15) is 25.7 Å². The maximum Gasteiger partial charge on any atom is 0.0676 e. The molecule has 0 spiro atoms. The summed E-state index contributed by atoms with van der Waals surface area (Å²) in [7, 11) is 0. The number of hydrogen-bond acceptors (Lipinski definition) is 4. The lowest BCUT2D eigenvalue weighted by molar-refractivity contribution is 0.196. The first-order valence-electron chi connectivity index (χ1n) is 6.14. The zero-order valence-electron chi connectivity index (χ0n) is 9.62. The van der Waals surface area contributed by atoms with Crippen molar-refractivity contribution in [1.29, 1.82) is 0 Å². The molecule has 90 valence electrons. The van der Waals surface area contributed by atoms with Crippen molar-refractivity contribution < 1.29 is 5.11 Å². The van der Waals surface area contributed by atoms with Crippen molar-refractivity contribution in [3.8, 4) is 0 Å². The van der Waals surface area contributed by atoms with Crippen molar-refractivity contribution in [2.24, 2.45) is 5.73 Å². The van der Waals surface area contributed by atoms with Crippen LogP contribution in [-0.4, -0.2) is 55.4 Å². The van der Waals surface area contributed by atoms with Gasteiger partial charge in [0.25, 0.3) is 0 Å². The first-order chi connectivity index (χ1) is 7.33. The molecule has 2 rings (SSSR count). The molecule has 0 amide bonds. The highest BCUT2D eigenvalue weighted by Gasteiger charge is 2.08. The van der Waals surface area contributed by atoms with Crippen LogP contribution in [0.15, 0.2) is 0 Å². The van der Waals surface area contributed by atoms with Crippen LogP contribution in [0.2, 0.25) is 0 Å². The normalized spacial score (nSPS) is 27.2. The predicted octanol–water partition coefficient (Wildman–Crippen LogP) is -0.228. The monoisotopic (exact) mass is 215 g/mol. The Hall–Kier alpha value is -0.160. The van der Waals surface area contributed by atoms with Gasteiger partial charge in [-0.05, 0) is 38.9 Å². The summed E-state index contributed by atoms with van der Waals surface area (Å²) in [5.41, 5.74) is 5.42. The van der Waals surface area contributed by atoms with Crippen molar-refractivity contribution in [3.63, 3.8) is 0 Å². The van der Waals surface area contributed by atoms with Crippen molar-refractivity contribution in [3.05, 3.63) is 0 Å². The number of nitrogens with one attached hydrogen (secondary N) is 1. The average Bonchev–Trinajstić information content (AvgIpc) is 2.72. The van der Waals surface area contributed by atoms with Crippen LogP contribution in [0.25, 0.3) is 0 Å². The minimum Gasteiger partial charge on any atom is -0.392 e. The molecule has 0 aromatic carbocycles. The molecule has 1 unspecified atom stereocenters. The summed E-state index contributed by atoms with van der Waals surface area (Å²) >= 11 is 0. The molecule has 2 saturated heterocycles. The van der Waals surface area contributed by atoms with E-state index in [0.29, 0.717) is 0 Å². The number of likely N-dealkylation sites (tertiary alicyclic amines) is 1. The fraction of sp³-hybridized carbons (Fsp3) is 1.00. The van der Waals surface area contributed by atoms with Gasteiger partial charge in [0.1, 0.15) is 0 Å². The molecular formula is C11H25N3O. The van der Waals surface area contributed by atoms with E-state index >= 15 is 0 Å². The molecule has 0 radical (unpaired) electrons. The first-order valence-corrected chi connectivity index (χ1v) is 6.14. The van der Waals surface area contributed by atoms with E-state index in [-0.39, 0.29) is 6.10 Å². The molecule has 15 heavy (non-hydrogen) atoms. The number of β-amino-alcohol motifs (C(OH)–C–C–N with tert-alkyl or cyclic N) is 1. The van der Waals surface area contributed by atoms with Crippen molar-refractivity contribution in [2.75, 3.05) is 39.3 Å². The number of nitrogens with two attached hydrogens (primary N) is 1. The molecule has 0 aromatic heterocycles. The number of nitrogens with zero attached hydrogens (tertiary/aromatic N) is 1. The summed E-state index contributed by atoms with van der Waals surface area (Å²) in [5, 5.41) is 11.7. The smallest absolute Gasteiger partial charge is 0.0676 e. The fourth-order valence-electron chi connectivity index (χ4n) is 2.00. The van der Waals surface area contributed by atoms with Crippen molar-refractivity contribution in [1.82, 2.24) is 10.2 Å². The third kappa shape index (κ3) is 6.10. The molecule has 2 aliphatic rings. The van der Waals surface area contributed by atoms with E-state index in [1.165, 1.54) is 32.4 Å². The fourth-order valence-corrected chi connectivity index (χ4v) is 2.00. The Bertz CT molecular complexity index is 140. The van der Waals surface area contributed by atoms with Gasteiger partial charge in [-0.3, -0.25) is 0 Å². The van der Waals surface area contributed by atoms with E-state index < -0.39 is 0 Å². The molecule has 2 fully saturated rings. The van der Waals surface area contributed by atoms with Gasteiger partial charge in [-0.2, -0.15) is 0 Å². The third-order valence-corrected chi connectivity index (χ3v) is 2.93. The molecule has 2 heterocycles. The maximum absolute atomic E-state index is 8.67. The molecular weight excluding hydrogens is 190 g/mol. The Morgan fingerprint density at radius 1 is 1.27 bits per heavy atom. The molecule has 1 atom stereocenters. The van der Waals surface area contributed by atoms with Crippen LogP contribution in [0.4, 0.5) is 0 Å². The van der Waals surface area contributed by atoms with Gasteiger partial charge < -0.3 is 21.1 Å². The zero-order valence-corrected chi connectivity index (χ0v) is 9.62. The van der Waals surface area contributed by atoms with Gasteiger partial charge in [-0.25, -0.2) is 0 Å². The number of aliphatic hydroxyl groups excluding tert-OH is 1. The van der Waals surface area contributed by atoms with E-state index in [4.69, 9.17) is 10.8 Å². The topological polar surface area (TPSA) is 61.5 Å². The quantitative estimate of drug-likeness (QED) is 0.595. The molecule has 2 aliphatic heterocycles. The highest BCUT2D eigenvalue weighted by Crippen LogP contribution is 2.06. The van der Waals surface area contributed by atoms with Crippen LogP contribution in [0.3, 0.4) is 0 Å². The zero-order chi connectivity index (χ0) is 10.9. The average molecular weight is 215 g/mol. The third-order valence-electron chi connectivity index (χ3n) is 2.93. The lowest BCUT2D eigenvalue weighted by Crippen LogP contribution is -2.33. The number of hydrogen-bond donors (Lipinski definition) is 3. The predicted molar refractivity (Wildman–Crippen MR) is 62.8 cm³/mol. The van der Waals surface area contributed by atoms with E-state index in [0.717, 1.165) is 32.6 Å². The first kappa shape index (κ1) is 12.9. The van der Waals surface area contributed by atoms with E-state index in [2.05, 4.69) is 10.2 Å². The Morgan fingerprint density at radius 3 is 2.40 bits per heavy atom. The lowest BCUT2D eigenvalue weighted by Gasteiger charge is -2.25. The summed E-state index contributed by atoms with van der Waals surface area (Å²) in [6, 6.07) is 0. The van der Waals surface area contributed by atoms with Gasteiger partial charge in [0.2, 0.25) is 0 Å². The second kappa shape index (κ2) is 8.05. The Kier molecular flexibility index (Phi) is 6.92. The summed E-state index contributed by atoms with van der Waals surface area (Å²) < 4.78 is 0. The SMILES string of the molecule is NCCN1CCCCC1.OC1CCNC1. The largest absolute Gasteiger partial charge is 0.392 e. The summed E-state index contributed by atoms with van der Waals surface area (Å²) in [4.78, 5) is 2.45. The van der Waals surface area contributed by atoms with Gasteiger partial charge in [-0.15, -0.1) is 0 Å². The van der Waals surface area contributed by atoms with Crippen LogP contribution in [0.5, 0.6) is 0 Å². The molecule has 0 aromatic rings. The van der Waals surface area contributed by atoms with Gasteiger partial charge in [0, 0.05) is 19.6 Å². The minimum atomic E-state index is -0.0648. The second-order valence-corrected chi connectivity index (χ2v) is 4.34. The van der Waals surface area contributed by atoms with Crippen LogP contribution < -0.4 is 11.1 Å². The molecule has 4 heteroatoms. The summed E-state index contributed by atoms with van der Waals surface area (Å²) in [6.45, 7) is 6.25. The van der Waals surface area contributed by atoms with E-state index in [1.54, 1.807) is 0 Å². The van der Waals surface area contributed by atoms with Crippen molar-refractivity contribution in [2.45, 2.75) is 31.8 Å². The Labute approximate surface area is 92.8 Å². The van der Waals surface area contributed by atoms with Crippen LogP contribution in [-0.2, 0) is 0 Å². The summed E-state index contributed by atoms with van der Waals surface area (Å²) in [5.74, 6) is 0. The lowest BCUT2D eigenvalue weighted by atomic mass is 10.1. The standard InChI is InChI=1S/C7H16N2.C4H9NO/c8-4-7-9-5-2-1-3-6-9;6-4-1-2-5-3-4/h1-8H2;4-6H,1-3H2. The molecule has 0 saturated carbocycles. The number of aliphatic hydroxyl groups is 1. The highest BCUT2D eigenvalue weighted by atomic mass is 16.3. The highest BCUT2D eigenvalue weighted by molar-refractivity contribution is 4.67. The van der Waals surface area contributed by atoms with E-state index in [1.807, 2.05) is 0 Å². The van der Waals surface area contributed by atoms with Crippen LogP contribution >= 0.6 is 0 Å². The van der Waals surface area contributed by atoms with Gasteiger partial charge >= 0.3 is 0 Å². The Balaban J connectivity index is 0.000000162. The Morgan fingerprint density at radius 2 is 2.00 bits per heavy atom. The molecule has 4 N–H and O–H groups in total. The second-order valence-electron chi connectivity index (χ2n) is 4.34. The van der Waals surface area contributed by atoms with E-state index in [9.17, 15) is 0 Å². The minimum absolute atomic E-state index is 0.0648. The van der Waals surface area contributed by atoms with Crippen molar-refractivity contribution >= 4 is 0 Å². The van der Waals surface area contributed by atoms with Gasteiger partial charge in [0.05, 0.1) is 6.10 Å². The van der Waals surface area contributed by atoms with Crippen LogP contribution in [0, 0.1) is 0 Å². The van der Waals surface area contributed by atoms with Gasteiger partial charge in [0.15, 0.2) is 0 Å². The molecule has 4 nitrogen and oxygen atoms in total. The van der Waals surface area contributed by atoms with Gasteiger partial charge in [-0.1, -0.05) is 6.42 Å². The maximum atomic E-state index is 8.67. The number of piperidine rings is 1. The summed E-state index contributed by atoms with van der Waals surface area (Å²) in [6.07, 6.45) is 5.03. The molecule has 0 aliphatic carbocycles.